The van der Waals surface area contributed by atoms with Crippen molar-refractivity contribution in [2.75, 3.05) is 13.2 Å². The molecule has 0 atom stereocenters. The molecule has 3 aromatic carbocycles. The molecule has 0 saturated heterocycles. The fourth-order valence-corrected chi connectivity index (χ4v) is 4.03. The highest BCUT2D eigenvalue weighted by atomic mass is 16.5. The van der Waals surface area contributed by atoms with Crippen LogP contribution < -0.4 is 14.2 Å². The maximum atomic E-state index is 12.7. The number of hydrogen-bond acceptors (Lipinski definition) is 7. The van der Waals surface area contributed by atoms with Gasteiger partial charge in [0.05, 0.1) is 24.3 Å². The summed E-state index contributed by atoms with van der Waals surface area (Å²) < 4.78 is 21.7. The summed E-state index contributed by atoms with van der Waals surface area (Å²) >= 11 is 0. The molecule has 0 radical (unpaired) electrons. The van der Waals surface area contributed by atoms with Crippen LogP contribution in [-0.2, 0) is 16.0 Å². The summed E-state index contributed by atoms with van der Waals surface area (Å²) in [4.78, 5) is 36.3. The van der Waals surface area contributed by atoms with Crippen molar-refractivity contribution in [2.45, 2.75) is 58.8 Å². The summed E-state index contributed by atoms with van der Waals surface area (Å²) in [5.74, 6) is 0.0200. The highest BCUT2D eigenvalue weighted by Gasteiger charge is 2.13. The minimum atomic E-state index is -0.520. The highest BCUT2D eigenvalue weighted by molar-refractivity contribution is 5.93. The number of ether oxygens (including phenoxy) is 4. The molecule has 0 saturated carbocycles. The molecule has 0 amide bonds. The molecule has 0 aromatic heterocycles. The van der Waals surface area contributed by atoms with Crippen molar-refractivity contribution >= 4 is 17.9 Å². The molecule has 0 unspecified atom stereocenters. The normalized spacial score (nSPS) is 10.5. The lowest BCUT2D eigenvalue weighted by atomic mass is 10.1. The summed E-state index contributed by atoms with van der Waals surface area (Å²) in [5.41, 5.74) is 2.75. The van der Waals surface area contributed by atoms with Crippen LogP contribution in [0, 0.1) is 6.92 Å². The maximum Gasteiger partial charge on any atom is 0.343 e. The molecule has 7 heteroatoms. The molecular weight excluding hydrogens is 520 g/mol. The fraction of sp³-hybridized carbons (Fsp3) is 0.324. The quantitative estimate of drug-likeness (QED) is 0.0781. The van der Waals surface area contributed by atoms with Gasteiger partial charge in [0.1, 0.15) is 17.2 Å². The van der Waals surface area contributed by atoms with Gasteiger partial charge in [-0.25, -0.2) is 14.4 Å². The van der Waals surface area contributed by atoms with E-state index in [4.69, 9.17) is 18.9 Å². The molecule has 3 aromatic rings. The smallest absolute Gasteiger partial charge is 0.343 e. The average Bonchev–Trinajstić information content (AvgIpc) is 2.98. The monoisotopic (exact) mass is 558 g/mol. The molecule has 0 heterocycles. The van der Waals surface area contributed by atoms with Gasteiger partial charge in [0.25, 0.3) is 0 Å². The predicted octanol–water partition coefficient (Wildman–Crippen LogP) is 7.44. The number of carbonyl (C=O) groups excluding carboxylic acids is 3. The lowest BCUT2D eigenvalue weighted by molar-refractivity contribution is -0.137. The molecule has 0 spiro atoms. The summed E-state index contributed by atoms with van der Waals surface area (Å²) in [6.45, 7) is 8.16. The van der Waals surface area contributed by atoms with Crippen LogP contribution in [0.1, 0.15) is 77.3 Å². The zero-order valence-corrected chi connectivity index (χ0v) is 23.9. The van der Waals surface area contributed by atoms with Crippen molar-refractivity contribution in [3.63, 3.8) is 0 Å². The molecule has 7 nitrogen and oxygen atoms in total. The second-order valence-electron chi connectivity index (χ2n) is 9.67. The van der Waals surface area contributed by atoms with Gasteiger partial charge in [0.2, 0.25) is 0 Å². The summed E-state index contributed by atoms with van der Waals surface area (Å²) in [5, 5.41) is 0. The second kappa shape index (κ2) is 16.7. The van der Waals surface area contributed by atoms with E-state index in [1.165, 1.54) is 24.8 Å². The third-order valence-corrected chi connectivity index (χ3v) is 6.37. The molecule has 0 aliphatic carbocycles. The zero-order chi connectivity index (χ0) is 29.5. The maximum absolute atomic E-state index is 12.7. The Balaban J connectivity index is 1.45. The van der Waals surface area contributed by atoms with Gasteiger partial charge in [-0.2, -0.15) is 0 Å². The minimum absolute atomic E-state index is 0.313. The lowest BCUT2D eigenvalue weighted by Crippen LogP contribution is -2.11. The Bertz CT molecular complexity index is 1290. The third kappa shape index (κ3) is 10.6. The Morgan fingerprint density at radius 1 is 0.732 bits per heavy atom. The number of aryl methyl sites for hydroxylation is 2. The van der Waals surface area contributed by atoms with Crippen molar-refractivity contribution < 1.29 is 33.3 Å². The molecule has 0 aliphatic rings. The number of unbranched alkanes of at least 4 members (excludes halogenated alkanes) is 4. The van der Waals surface area contributed by atoms with Gasteiger partial charge in [0, 0.05) is 6.08 Å². The van der Waals surface area contributed by atoms with Crippen molar-refractivity contribution in [3.05, 3.63) is 102 Å². The van der Waals surface area contributed by atoms with Crippen LogP contribution in [0.2, 0.25) is 0 Å². The Hall–Kier alpha value is -4.39. The van der Waals surface area contributed by atoms with Crippen molar-refractivity contribution in [1.29, 1.82) is 0 Å². The summed E-state index contributed by atoms with van der Waals surface area (Å²) in [7, 11) is 0. The number of benzene rings is 3. The number of hydrogen-bond donors (Lipinski definition) is 0. The van der Waals surface area contributed by atoms with Gasteiger partial charge in [-0.3, -0.25) is 0 Å². The first kappa shape index (κ1) is 31.1. The molecule has 0 N–H and O–H groups in total. The molecule has 0 bridgehead atoms. The van der Waals surface area contributed by atoms with E-state index in [1.807, 2.05) is 31.2 Å². The Kier molecular flexibility index (Phi) is 12.6. The predicted molar refractivity (Wildman–Crippen MR) is 158 cm³/mol. The van der Waals surface area contributed by atoms with Crippen molar-refractivity contribution in [3.8, 4) is 17.2 Å². The SMILES string of the molecule is C=CC(=O)OCCCCOc1ccc(C(=O)Oc2ccc(C(=O)Oc3ccc(CCCCCC)cc3)cc2)cc1C. The van der Waals surface area contributed by atoms with Gasteiger partial charge < -0.3 is 18.9 Å². The van der Waals surface area contributed by atoms with Crippen LogP contribution >= 0.6 is 0 Å². The van der Waals surface area contributed by atoms with E-state index in [9.17, 15) is 14.4 Å². The molecule has 0 aliphatic heterocycles. The van der Waals surface area contributed by atoms with Crippen LogP contribution in [0.3, 0.4) is 0 Å². The summed E-state index contributed by atoms with van der Waals surface area (Å²) in [6, 6.07) is 18.9. The minimum Gasteiger partial charge on any atom is -0.493 e. The number of carbonyl (C=O) groups is 3. The number of esters is 3. The Labute approximate surface area is 242 Å². The van der Waals surface area contributed by atoms with E-state index in [2.05, 4.69) is 13.5 Å². The van der Waals surface area contributed by atoms with Crippen LogP contribution in [-0.4, -0.2) is 31.1 Å². The summed E-state index contributed by atoms with van der Waals surface area (Å²) in [6.07, 6.45) is 8.37. The topological polar surface area (TPSA) is 88.1 Å². The Morgan fingerprint density at radius 3 is 1.98 bits per heavy atom. The molecule has 0 fully saturated rings. The largest absolute Gasteiger partial charge is 0.493 e. The van der Waals surface area contributed by atoms with Gasteiger partial charge in [-0.1, -0.05) is 44.9 Å². The van der Waals surface area contributed by atoms with Crippen LogP contribution in [0.5, 0.6) is 17.2 Å². The van der Waals surface area contributed by atoms with Crippen LogP contribution in [0.4, 0.5) is 0 Å². The highest BCUT2D eigenvalue weighted by Crippen LogP contribution is 2.22. The molecule has 216 valence electrons. The third-order valence-electron chi connectivity index (χ3n) is 6.37. The van der Waals surface area contributed by atoms with Gasteiger partial charge >= 0.3 is 17.9 Å². The first-order chi connectivity index (χ1) is 19.9. The van der Waals surface area contributed by atoms with E-state index in [0.717, 1.165) is 24.5 Å². The van der Waals surface area contributed by atoms with E-state index in [1.54, 1.807) is 42.5 Å². The molecule has 41 heavy (non-hydrogen) atoms. The van der Waals surface area contributed by atoms with E-state index >= 15 is 0 Å². The van der Waals surface area contributed by atoms with Gasteiger partial charge in [-0.05, 0) is 98.3 Å². The molecule has 3 rings (SSSR count). The van der Waals surface area contributed by atoms with Crippen LogP contribution in [0.15, 0.2) is 79.4 Å². The molecular formula is C34H38O7. The van der Waals surface area contributed by atoms with Gasteiger partial charge in [0.15, 0.2) is 0 Å². The second-order valence-corrected chi connectivity index (χ2v) is 9.67. The van der Waals surface area contributed by atoms with E-state index in [0.29, 0.717) is 54.4 Å². The first-order valence-corrected chi connectivity index (χ1v) is 14.1. The van der Waals surface area contributed by atoms with E-state index < -0.39 is 17.9 Å². The number of rotatable bonds is 16. The van der Waals surface area contributed by atoms with Gasteiger partial charge in [-0.15, -0.1) is 0 Å². The van der Waals surface area contributed by atoms with Crippen molar-refractivity contribution in [1.82, 2.24) is 0 Å². The zero-order valence-electron chi connectivity index (χ0n) is 23.9. The van der Waals surface area contributed by atoms with Crippen molar-refractivity contribution in [2.24, 2.45) is 0 Å². The standard InChI is InChI=1S/C34H38O7/c1-4-6-7-8-11-26-12-17-29(18-13-26)40-33(36)27-14-19-30(20-15-27)41-34(37)28-16-21-31(25(3)24-28)38-22-9-10-23-39-32(35)5-2/h5,12-21,24H,2,4,6-11,22-23H2,1,3H3. The average molecular weight is 559 g/mol. The fourth-order valence-electron chi connectivity index (χ4n) is 4.03. The van der Waals surface area contributed by atoms with Crippen LogP contribution in [0.25, 0.3) is 0 Å². The van der Waals surface area contributed by atoms with E-state index in [-0.39, 0.29) is 0 Å². The Morgan fingerprint density at radius 2 is 1.34 bits per heavy atom. The first-order valence-electron chi connectivity index (χ1n) is 14.1. The lowest BCUT2D eigenvalue weighted by Gasteiger charge is -2.11.